The molecule has 5 unspecified atom stereocenters. The molecule has 0 spiro atoms. The standard InChI is InChI=1S/C20H24N2O2.C2H4O2/c1-3-13-12-22-9-7-14(13)10-19(22)20(23)16-6-8-21-18-5-4-15(24-2)11-17(16)18;1-2(3)4/h3-6,8,11,13-14,19-20,23H,1,7,9-10,12H2,2H3;1H3,(H,3,4). The van der Waals surface area contributed by atoms with E-state index in [2.05, 4.69) is 22.5 Å². The lowest BCUT2D eigenvalue weighted by molar-refractivity contribution is -0.134. The van der Waals surface area contributed by atoms with Crippen molar-refractivity contribution in [2.45, 2.75) is 31.9 Å². The van der Waals surface area contributed by atoms with E-state index in [1.807, 2.05) is 24.3 Å². The van der Waals surface area contributed by atoms with Gasteiger partial charge in [0.15, 0.2) is 0 Å². The molecule has 3 fully saturated rings. The topological polar surface area (TPSA) is 82.9 Å². The largest absolute Gasteiger partial charge is 0.497 e. The van der Waals surface area contributed by atoms with Gasteiger partial charge in [0.1, 0.15) is 5.75 Å². The van der Waals surface area contributed by atoms with Crippen molar-refractivity contribution in [1.29, 1.82) is 0 Å². The Morgan fingerprint density at radius 3 is 2.79 bits per heavy atom. The summed E-state index contributed by atoms with van der Waals surface area (Å²) in [6.45, 7) is 7.15. The second-order valence-corrected chi connectivity index (χ2v) is 7.49. The molecule has 2 N–H and O–H groups in total. The van der Waals surface area contributed by atoms with Gasteiger partial charge >= 0.3 is 0 Å². The number of nitrogens with zero attached hydrogens (tertiary/aromatic N) is 2. The minimum atomic E-state index is -0.833. The van der Waals surface area contributed by atoms with E-state index in [0.29, 0.717) is 11.8 Å². The lowest BCUT2D eigenvalue weighted by atomic mass is 9.73. The zero-order valence-corrected chi connectivity index (χ0v) is 16.4. The van der Waals surface area contributed by atoms with Crippen LogP contribution in [-0.2, 0) is 4.79 Å². The van der Waals surface area contributed by atoms with Crippen LogP contribution in [0, 0.1) is 11.8 Å². The molecule has 5 atom stereocenters. The fourth-order valence-electron chi connectivity index (χ4n) is 4.44. The SMILES string of the molecule is C=CC1CN2CCC1CC2C(O)c1ccnc2ccc(OC)cc12.CC(=O)O. The van der Waals surface area contributed by atoms with E-state index in [9.17, 15) is 5.11 Å². The highest BCUT2D eigenvalue weighted by Gasteiger charge is 2.42. The van der Waals surface area contributed by atoms with E-state index in [-0.39, 0.29) is 6.04 Å². The Balaban J connectivity index is 0.000000516. The molecular weight excluding hydrogens is 356 g/mol. The van der Waals surface area contributed by atoms with Crippen LogP contribution in [0.1, 0.15) is 31.4 Å². The van der Waals surface area contributed by atoms with E-state index >= 15 is 0 Å². The van der Waals surface area contributed by atoms with Crippen molar-refractivity contribution >= 4 is 16.9 Å². The van der Waals surface area contributed by atoms with Crippen molar-refractivity contribution in [3.05, 3.63) is 48.7 Å². The Hall–Kier alpha value is -2.44. The molecule has 0 radical (unpaired) electrons. The Morgan fingerprint density at radius 1 is 1.43 bits per heavy atom. The van der Waals surface area contributed by atoms with Gasteiger partial charge in [0, 0.05) is 31.1 Å². The molecule has 3 aliphatic rings. The summed E-state index contributed by atoms with van der Waals surface area (Å²) in [6, 6.07) is 7.96. The lowest BCUT2D eigenvalue weighted by Gasteiger charge is -2.50. The van der Waals surface area contributed by atoms with Gasteiger partial charge in [0.05, 0.1) is 18.7 Å². The molecule has 6 nitrogen and oxygen atoms in total. The third-order valence-electron chi connectivity index (χ3n) is 5.82. The van der Waals surface area contributed by atoms with Crippen LogP contribution in [-0.4, -0.2) is 52.3 Å². The molecule has 5 rings (SSSR count). The summed E-state index contributed by atoms with van der Waals surface area (Å²) >= 11 is 0. The minimum absolute atomic E-state index is 0.178. The number of benzene rings is 1. The third kappa shape index (κ3) is 4.18. The molecule has 3 aliphatic heterocycles. The number of aliphatic carboxylic acids is 1. The Kier molecular flexibility index (Phi) is 6.31. The molecule has 4 heterocycles. The van der Waals surface area contributed by atoms with Crippen LogP contribution < -0.4 is 4.74 Å². The van der Waals surface area contributed by atoms with Crippen LogP contribution >= 0.6 is 0 Å². The van der Waals surface area contributed by atoms with Crippen LogP contribution in [0.2, 0.25) is 0 Å². The molecule has 2 bridgehead atoms. The summed E-state index contributed by atoms with van der Waals surface area (Å²) in [5.74, 6) is 1.17. The molecule has 3 saturated heterocycles. The number of pyridine rings is 1. The maximum absolute atomic E-state index is 11.2. The molecule has 1 aromatic carbocycles. The number of aliphatic hydroxyl groups is 1. The molecule has 0 saturated carbocycles. The summed E-state index contributed by atoms with van der Waals surface area (Å²) in [6.07, 6.45) is 5.62. The first-order chi connectivity index (χ1) is 13.4. The average molecular weight is 384 g/mol. The smallest absolute Gasteiger partial charge is 0.300 e. The maximum atomic E-state index is 11.2. The Bertz CT molecular complexity index is 850. The normalized spacial score (nSPS) is 26.8. The van der Waals surface area contributed by atoms with Crippen molar-refractivity contribution in [2.24, 2.45) is 11.8 Å². The zero-order valence-electron chi connectivity index (χ0n) is 16.4. The van der Waals surface area contributed by atoms with Crippen molar-refractivity contribution in [2.75, 3.05) is 20.2 Å². The highest BCUT2D eigenvalue weighted by molar-refractivity contribution is 5.83. The molecule has 0 aliphatic carbocycles. The Morgan fingerprint density at radius 2 is 2.18 bits per heavy atom. The number of hydrogen-bond donors (Lipinski definition) is 2. The number of hydrogen-bond acceptors (Lipinski definition) is 5. The number of aliphatic hydroxyl groups excluding tert-OH is 1. The first kappa shape index (κ1) is 20.3. The summed E-state index contributed by atoms with van der Waals surface area (Å²) in [4.78, 5) is 15.9. The maximum Gasteiger partial charge on any atom is 0.300 e. The molecule has 6 heteroatoms. The fraction of sp³-hybridized carbons (Fsp3) is 0.455. The van der Waals surface area contributed by atoms with E-state index in [0.717, 1.165) is 48.6 Å². The molecule has 0 amide bonds. The van der Waals surface area contributed by atoms with Gasteiger partial charge in [-0.3, -0.25) is 14.7 Å². The van der Waals surface area contributed by atoms with Gasteiger partial charge in [0.25, 0.3) is 5.97 Å². The van der Waals surface area contributed by atoms with Gasteiger partial charge < -0.3 is 14.9 Å². The zero-order chi connectivity index (χ0) is 20.3. The second-order valence-electron chi connectivity index (χ2n) is 7.49. The molecule has 150 valence electrons. The van der Waals surface area contributed by atoms with Gasteiger partial charge in [-0.2, -0.15) is 0 Å². The third-order valence-corrected chi connectivity index (χ3v) is 5.82. The minimum Gasteiger partial charge on any atom is -0.497 e. The van der Waals surface area contributed by atoms with Gasteiger partial charge in [-0.05, 0) is 61.1 Å². The number of carboxylic acids is 1. The molecule has 1 aromatic heterocycles. The number of carboxylic acid groups (broad SMARTS) is 1. The predicted molar refractivity (Wildman–Crippen MR) is 108 cm³/mol. The van der Waals surface area contributed by atoms with Crippen molar-refractivity contribution in [1.82, 2.24) is 9.88 Å². The summed E-state index contributed by atoms with van der Waals surface area (Å²) in [5.41, 5.74) is 1.85. The highest BCUT2D eigenvalue weighted by Crippen LogP contribution is 2.42. The van der Waals surface area contributed by atoms with Crippen molar-refractivity contribution in [3.63, 3.8) is 0 Å². The van der Waals surface area contributed by atoms with Gasteiger partial charge in [-0.25, -0.2) is 0 Å². The number of piperidine rings is 3. The van der Waals surface area contributed by atoms with Gasteiger partial charge in [-0.15, -0.1) is 6.58 Å². The Labute approximate surface area is 165 Å². The summed E-state index contributed by atoms with van der Waals surface area (Å²) in [5, 5.41) is 19.5. The summed E-state index contributed by atoms with van der Waals surface area (Å²) in [7, 11) is 1.66. The number of methoxy groups -OCH3 is 1. The monoisotopic (exact) mass is 384 g/mol. The van der Waals surface area contributed by atoms with Crippen molar-refractivity contribution in [3.8, 4) is 5.75 Å². The van der Waals surface area contributed by atoms with Gasteiger partial charge in [0.2, 0.25) is 0 Å². The van der Waals surface area contributed by atoms with Crippen LogP contribution in [0.25, 0.3) is 10.9 Å². The number of carbonyl (C=O) groups is 1. The first-order valence-electron chi connectivity index (χ1n) is 9.61. The van der Waals surface area contributed by atoms with E-state index in [1.54, 1.807) is 13.3 Å². The van der Waals surface area contributed by atoms with Crippen LogP contribution in [0.4, 0.5) is 0 Å². The second kappa shape index (κ2) is 8.71. The van der Waals surface area contributed by atoms with E-state index < -0.39 is 12.1 Å². The number of ether oxygens (including phenoxy) is 1. The first-order valence-corrected chi connectivity index (χ1v) is 9.61. The lowest BCUT2D eigenvalue weighted by Crippen LogP contribution is -2.54. The van der Waals surface area contributed by atoms with Crippen LogP contribution in [0.5, 0.6) is 5.75 Å². The quantitative estimate of drug-likeness (QED) is 0.788. The highest BCUT2D eigenvalue weighted by atomic mass is 16.5. The molecule has 2 aromatic rings. The van der Waals surface area contributed by atoms with Gasteiger partial charge in [-0.1, -0.05) is 6.08 Å². The number of rotatable bonds is 4. The average Bonchev–Trinajstić information content (AvgIpc) is 2.72. The van der Waals surface area contributed by atoms with Crippen LogP contribution in [0.15, 0.2) is 43.1 Å². The predicted octanol–water partition coefficient (Wildman–Crippen LogP) is 3.26. The van der Waals surface area contributed by atoms with Crippen LogP contribution in [0.3, 0.4) is 0 Å². The number of fused-ring (bicyclic) bond motifs is 4. The van der Waals surface area contributed by atoms with E-state index in [1.165, 1.54) is 6.42 Å². The van der Waals surface area contributed by atoms with E-state index in [4.69, 9.17) is 14.6 Å². The van der Waals surface area contributed by atoms with Crippen molar-refractivity contribution < 1.29 is 19.7 Å². The fourth-order valence-corrected chi connectivity index (χ4v) is 4.44. The summed E-state index contributed by atoms with van der Waals surface area (Å²) < 4.78 is 5.35. The molecule has 28 heavy (non-hydrogen) atoms. The molecular formula is C22H28N2O4. The number of aromatic nitrogens is 1.